The monoisotopic (exact) mass is 277 g/mol. The average Bonchev–Trinajstić information content (AvgIpc) is 2.46. The summed E-state index contributed by atoms with van der Waals surface area (Å²) in [5.41, 5.74) is 1.22. The molecule has 108 valence electrons. The van der Waals surface area contributed by atoms with E-state index in [-0.39, 0.29) is 17.5 Å². The van der Waals surface area contributed by atoms with Crippen molar-refractivity contribution in [2.75, 3.05) is 13.2 Å². The van der Waals surface area contributed by atoms with E-state index < -0.39 is 5.97 Å². The molecule has 1 fully saturated rings. The van der Waals surface area contributed by atoms with Crippen molar-refractivity contribution in [3.8, 4) is 0 Å². The van der Waals surface area contributed by atoms with Crippen LogP contribution in [-0.4, -0.2) is 36.2 Å². The van der Waals surface area contributed by atoms with E-state index in [2.05, 4.69) is 5.32 Å². The smallest absolute Gasteiger partial charge is 0.335 e. The van der Waals surface area contributed by atoms with Crippen LogP contribution >= 0.6 is 0 Å². The largest absolute Gasteiger partial charge is 0.478 e. The highest BCUT2D eigenvalue weighted by Gasteiger charge is 2.15. The molecule has 1 amide bonds. The minimum absolute atomic E-state index is 0.0165. The number of ether oxygens (including phenoxy) is 1. The molecule has 0 spiro atoms. The quantitative estimate of drug-likeness (QED) is 0.857. The van der Waals surface area contributed by atoms with Crippen LogP contribution in [0.25, 0.3) is 0 Å². The minimum Gasteiger partial charge on any atom is -0.478 e. The van der Waals surface area contributed by atoms with Gasteiger partial charge >= 0.3 is 5.97 Å². The van der Waals surface area contributed by atoms with Gasteiger partial charge in [0.25, 0.3) is 0 Å². The third-order valence-electron chi connectivity index (χ3n) is 3.37. The normalized spacial score (nSPS) is 18.5. The number of amides is 1. The molecule has 0 radical (unpaired) electrons. The van der Waals surface area contributed by atoms with Crippen molar-refractivity contribution in [2.24, 2.45) is 0 Å². The lowest BCUT2D eigenvalue weighted by Gasteiger charge is -2.23. The molecular weight excluding hydrogens is 258 g/mol. The maximum atomic E-state index is 11.8. The van der Waals surface area contributed by atoms with Gasteiger partial charge in [-0.15, -0.1) is 0 Å². The molecule has 1 aromatic carbocycles. The summed E-state index contributed by atoms with van der Waals surface area (Å²) in [6.07, 6.45) is 2.98. The minimum atomic E-state index is -0.938. The lowest BCUT2D eigenvalue weighted by atomic mass is 10.1. The average molecular weight is 277 g/mol. The van der Waals surface area contributed by atoms with Crippen molar-refractivity contribution in [3.05, 3.63) is 35.4 Å². The zero-order valence-electron chi connectivity index (χ0n) is 11.3. The Labute approximate surface area is 117 Å². The number of nitrogens with one attached hydrogen (secondary N) is 1. The Morgan fingerprint density at radius 1 is 1.30 bits per heavy atom. The molecule has 2 N–H and O–H groups in total. The van der Waals surface area contributed by atoms with E-state index in [9.17, 15) is 9.59 Å². The number of hydrogen-bond acceptors (Lipinski definition) is 3. The second-order valence-electron chi connectivity index (χ2n) is 4.98. The van der Waals surface area contributed by atoms with Crippen LogP contribution in [0.15, 0.2) is 24.3 Å². The van der Waals surface area contributed by atoms with Gasteiger partial charge in [0.2, 0.25) is 5.91 Å². The molecule has 1 saturated heterocycles. The van der Waals surface area contributed by atoms with Gasteiger partial charge in [-0.05, 0) is 37.0 Å². The van der Waals surface area contributed by atoms with E-state index >= 15 is 0 Å². The highest BCUT2D eigenvalue weighted by molar-refractivity contribution is 5.87. The molecule has 1 aromatic rings. The molecule has 0 aromatic heterocycles. The second-order valence-corrected chi connectivity index (χ2v) is 4.98. The lowest BCUT2D eigenvalue weighted by Crippen LogP contribution is -2.40. The first-order valence-electron chi connectivity index (χ1n) is 6.84. The van der Waals surface area contributed by atoms with Crippen LogP contribution in [0.3, 0.4) is 0 Å². The van der Waals surface area contributed by atoms with Crippen LogP contribution in [-0.2, 0) is 16.0 Å². The Kier molecular flexibility index (Phi) is 5.12. The molecule has 20 heavy (non-hydrogen) atoms. The van der Waals surface area contributed by atoms with E-state index in [1.165, 1.54) is 0 Å². The zero-order chi connectivity index (χ0) is 14.4. The van der Waals surface area contributed by atoms with Crippen LogP contribution in [0, 0.1) is 0 Å². The molecule has 0 bridgehead atoms. The van der Waals surface area contributed by atoms with Gasteiger partial charge in [0.15, 0.2) is 0 Å². The van der Waals surface area contributed by atoms with Crippen LogP contribution in [0.1, 0.15) is 35.2 Å². The van der Waals surface area contributed by atoms with E-state index in [1.807, 2.05) is 0 Å². The maximum Gasteiger partial charge on any atom is 0.335 e. The summed E-state index contributed by atoms with van der Waals surface area (Å²) in [5, 5.41) is 11.8. The summed E-state index contributed by atoms with van der Waals surface area (Å²) in [5.74, 6) is -0.922. The number of carboxylic acid groups (broad SMARTS) is 1. The van der Waals surface area contributed by atoms with E-state index in [4.69, 9.17) is 9.84 Å². The van der Waals surface area contributed by atoms with Gasteiger partial charge in [0, 0.05) is 13.0 Å². The molecule has 2 rings (SSSR count). The van der Waals surface area contributed by atoms with Gasteiger partial charge in [-0.1, -0.05) is 12.1 Å². The van der Waals surface area contributed by atoms with Crippen molar-refractivity contribution < 1.29 is 19.4 Å². The number of hydrogen-bond donors (Lipinski definition) is 2. The third kappa shape index (κ3) is 4.35. The molecule has 0 saturated carbocycles. The zero-order valence-corrected chi connectivity index (χ0v) is 11.3. The number of carboxylic acids is 1. The Morgan fingerprint density at radius 3 is 2.65 bits per heavy atom. The highest BCUT2D eigenvalue weighted by atomic mass is 16.5. The van der Waals surface area contributed by atoms with Gasteiger partial charge in [0.1, 0.15) is 0 Å². The first-order chi connectivity index (χ1) is 9.65. The Morgan fingerprint density at radius 2 is 2.05 bits per heavy atom. The van der Waals surface area contributed by atoms with Crippen molar-refractivity contribution >= 4 is 11.9 Å². The van der Waals surface area contributed by atoms with Crippen molar-refractivity contribution in [1.29, 1.82) is 0 Å². The molecule has 1 heterocycles. The summed E-state index contributed by atoms with van der Waals surface area (Å²) in [4.78, 5) is 22.5. The maximum absolute atomic E-state index is 11.8. The summed E-state index contributed by atoms with van der Waals surface area (Å²) in [6.45, 7) is 1.38. The standard InChI is InChI=1S/C15H19NO4/c17-14(16-13-2-1-9-20-10-13)8-5-11-3-6-12(7-4-11)15(18)19/h3-4,6-7,13H,1-2,5,8-10H2,(H,16,17)(H,18,19)/t13-/m0/s1. The van der Waals surface area contributed by atoms with Crippen molar-refractivity contribution in [1.82, 2.24) is 5.32 Å². The van der Waals surface area contributed by atoms with Gasteiger partial charge in [-0.25, -0.2) is 4.79 Å². The second kappa shape index (κ2) is 7.05. The Hall–Kier alpha value is -1.88. The fourth-order valence-electron chi connectivity index (χ4n) is 2.23. The molecule has 1 aliphatic rings. The molecular formula is C15H19NO4. The Bertz CT molecular complexity index is 463. The van der Waals surface area contributed by atoms with Crippen molar-refractivity contribution in [2.45, 2.75) is 31.7 Å². The van der Waals surface area contributed by atoms with E-state index in [0.29, 0.717) is 19.4 Å². The van der Waals surface area contributed by atoms with Crippen LogP contribution < -0.4 is 5.32 Å². The summed E-state index contributed by atoms with van der Waals surface area (Å²) < 4.78 is 5.31. The molecule has 1 aliphatic heterocycles. The van der Waals surface area contributed by atoms with Gasteiger partial charge < -0.3 is 15.2 Å². The fourth-order valence-corrected chi connectivity index (χ4v) is 2.23. The number of aromatic carboxylic acids is 1. The van der Waals surface area contributed by atoms with Crippen LogP contribution in [0.4, 0.5) is 0 Å². The highest BCUT2D eigenvalue weighted by Crippen LogP contribution is 2.09. The number of aryl methyl sites for hydroxylation is 1. The number of benzene rings is 1. The molecule has 1 atom stereocenters. The predicted octanol–water partition coefficient (Wildman–Crippen LogP) is 1.61. The first kappa shape index (κ1) is 14.5. The fraction of sp³-hybridized carbons (Fsp3) is 0.467. The SMILES string of the molecule is O=C(CCc1ccc(C(=O)O)cc1)N[C@H]1CCCOC1. The number of carbonyl (C=O) groups excluding carboxylic acids is 1. The van der Waals surface area contributed by atoms with Crippen molar-refractivity contribution in [3.63, 3.8) is 0 Å². The van der Waals surface area contributed by atoms with Gasteiger partial charge in [0.05, 0.1) is 18.2 Å². The predicted molar refractivity (Wildman–Crippen MR) is 73.7 cm³/mol. The van der Waals surface area contributed by atoms with E-state index in [0.717, 1.165) is 25.0 Å². The lowest BCUT2D eigenvalue weighted by molar-refractivity contribution is -0.122. The van der Waals surface area contributed by atoms with E-state index in [1.54, 1.807) is 24.3 Å². The summed E-state index contributed by atoms with van der Waals surface area (Å²) in [6, 6.07) is 6.75. The van der Waals surface area contributed by atoms with Crippen LogP contribution in [0.2, 0.25) is 0 Å². The summed E-state index contributed by atoms with van der Waals surface area (Å²) in [7, 11) is 0. The molecule has 0 aliphatic carbocycles. The number of rotatable bonds is 5. The van der Waals surface area contributed by atoms with Crippen LogP contribution in [0.5, 0.6) is 0 Å². The molecule has 0 unspecified atom stereocenters. The van der Waals surface area contributed by atoms with Gasteiger partial charge in [-0.3, -0.25) is 4.79 Å². The first-order valence-corrected chi connectivity index (χ1v) is 6.84. The number of carbonyl (C=O) groups is 2. The topological polar surface area (TPSA) is 75.6 Å². The summed E-state index contributed by atoms with van der Waals surface area (Å²) >= 11 is 0. The Balaban J connectivity index is 1.76. The third-order valence-corrected chi connectivity index (χ3v) is 3.37. The molecule has 5 heteroatoms. The molecule has 5 nitrogen and oxygen atoms in total. The van der Waals surface area contributed by atoms with Gasteiger partial charge in [-0.2, -0.15) is 0 Å².